The van der Waals surface area contributed by atoms with E-state index < -0.39 is 17.6 Å². The zero-order chi connectivity index (χ0) is 21.2. The van der Waals surface area contributed by atoms with Gasteiger partial charge in [0.1, 0.15) is 28.5 Å². The lowest BCUT2D eigenvalue weighted by Gasteiger charge is -2.49. The van der Waals surface area contributed by atoms with Gasteiger partial charge in [0.25, 0.3) is 11.8 Å². The topological polar surface area (TPSA) is 84.9 Å². The Kier molecular flexibility index (Phi) is 6.77. The van der Waals surface area contributed by atoms with Crippen LogP contribution < -0.4 is 10.1 Å². The lowest BCUT2D eigenvalue weighted by molar-refractivity contribution is -0.159. The molecule has 1 N–H and O–H groups in total. The second-order valence-electron chi connectivity index (χ2n) is 7.64. The maximum absolute atomic E-state index is 12.8. The Bertz CT molecular complexity index is 837. The number of halogens is 1. The van der Waals surface area contributed by atoms with Crippen molar-refractivity contribution in [2.24, 2.45) is 0 Å². The van der Waals surface area contributed by atoms with Gasteiger partial charge in [-0.2, -0.15) is 0 Å². The third-order valence-corrected chi connectivity index (χ3v) is 6.49. The number of hydrogen-bond acceptors (Lipinski definition) is 6. The summed E-state index contributed by atoms with van der Waals surface area (Å²) in [6.07, 6.45) is 0. The van der Waals surface area contributed by atoms with Crippen molar-refractivity contribution < 1.29 is 23.9 Å². The SMILES string of the molecule is CC(C)(C)OC(=O)C1=C(CI)CSC2C(NC(=O)COc3ccccc3)C(=O)N12. The van der Waals surface area contributed by atoms with E-state index in [-0.39, 0.29) is 23.8 Å². The molecule has 156 valence electrons. The number of carbonyl (C=O) groups excluding carboxylic acids is 3. The summed E-state index contributed by atoms with van der Waals surface area (Å²) in [5, 5.41) is 2.40. The number of fused-ring (bicyclic) bond motifs is 1. The molecule has 2 aliphatic rings. The van der Waals surface area contributed by atoms with Gasteiger partial charge in [-0.25, -0.2) is 4.79 Å². The first kappa shape index (κ1) is 21.9. The maximum atomic E-state index is 12.8. The molecule has 9 heteroatoms. The Morgan fingerprint density at radius 2 is 1.97 bits per heavy atom. The molecular weight excluding hydrogens is 507 g/mol. The Hall–Kier alpha value is -1.75. The number of β-lactam (4-membered cyclic amide) rings is 1. The predicted molar refractivity (Wildman–Crippen MR) is 119 cm³/mol. The Balaban J connectivity index is 1.65. The number of amides is 2. The first-order valence-electron chi connectivity index (χ1n) is 9.14. The van der Waals surface area contributed by atoms with Crippen molar-refractivity contribution in [3.63, 3.8) is 0 Å². The molecule has 3 rings (SSSR count). The highest BCUT2D eigenvalue weighted by atomic mass is 127. The number of alkyl halides is 1. The van der Waals surface area contributed by atoms with Crippen LogP contribution in [0.5, 0.6) is 5.75 Å². The average molecular weight is 530 g/mol. The van der Waals surface area contributed by atoms with Gasteiger partial charge >= 0.3 is 5.97 Å². The Morgan fingerprint density at radius 1 is 1.28 bits per heavy atom. The zero-order valence-corrected chi connectivity index (χ0v) is 19.4. The third-order valence-electron chi connectivity index (χ3n) is 4.23. The van der Waals surface area contributed by atoms with Gasteiger partial charge in [0.05, 0.1) is 0 Å². The number of benzene rings is 1. The molecule has 7 nitrogen and oxygen atoms in total. The molecule has 2 unspecified atom stereocenters. The molecule has 0 bridgehead atoms. The van der Waals surface area contributed by atoms with E-state index in [9.17, 15) is 14.4 Å². The molecule has 2 atom stereocenters. The van der Waals surface area contributed by atoms with Crippen molar-refractivity contribution in [1.82, 2.24) is 10.2 Å². The highest BCUT2D eigenvalue weighted by Crippen LogP contribution is 2.41. The fourth-order valence-corrected chi connectivity index (χ4v) is 5.32. The summed E-state index contributed by atoms with van der Waals surface area (Å²) in [6, 6.07) is 8.31. The van der Waals surface area contributed by atoms with Crippen LogP contribution in [0.1, 0.15) is 20.8 Å². The van der Waals surface area contributed by atoms with Crippen LogP contribution in [0.2, 0.25) is 0 Å². The minimum absolute atomic E-state index is 0.182. The van der Waals surface area contributed by atoms with Crippen molar-refractivity contribution in [2.45, 2.75) is 37.8 Å². The first-order valence-corrected chi connectivity index (χ1v) is 11.7. The summed E-state index contributed by atoms with van der Waals surface area (Å²) in [5.41, 5.74) is 0.525. The smallest absolute Gasteiger partial charge is 0.355 e. The normalized spacial score (nSPS) is 21.2. The van der Waals surface area contributed by atoms with Gasteiger partial charge in [0.2, 0.25) is 0 Å². The second-order valence-corrected chi connectivity index (χ2v) is 9.51. The number of para-hydroxylation sites is 1. The van der Waals surface area contributed by atoms with E-state index in [1.54, 1.807) is 32.9 Å². The number of hydrogen-bond donors (Lipinski definition) is 1. The molecule has 0 saturated carbocycles. The molecule has 0 radical (unpaired) electrons. The number of thioether (sulfide) groups is 1. The van der Waals surface area contributed by atoms with Crippen LogP contribution in [0.4, 0.5) is 0 Å². The van der Waals surface area contributed by atoms with E-state index in [2.05, 4.69) is 27.9 Å². The summed E-state index contributed by atoms with van der Waals surface area (Å²) in [6.45, 7) is 5.19. The van der Waals surface area contributed by atoms with Gasteiger partial charge in [-0.1, -0.05) is 40.8 Å². The molecular formula is C20H23IN2O5S. The summed E-state index contributed by atoms with van der Waals surface area (Å²) in [4.78, 5) is 39.2. The highest BCUT2D eigenvalue weighted by Gasteiger charge is 2.54. The maximum Gasteiger partial charge on any atom is 0.355 e. The number of nitrogens with one attached hydrogen (secondary N) is 1. The second kappa shape index (κ2) is 8.95. The molecule has 2 amide bonds. The summed E-state index contributed by atoms with van der Waals surface area (Å²) < 4.78 is 11.6. The summed E-state index contributed by atoms with van der Waals surface area (Å²) >= 11 is 3.71. The van der Waals surface area contributed by atoms with Crippen LogP contribution in [-0.2, 0) is 19.1 Å². The van der Waals surface area contributed by atoms with Gasteiger partial charge in [-0.15, -0.1) is 11.8 Å². The summed E-state index contributed by atoms with van der Waals surface area (Å²) in [5.74, 6) is 0.00488. The average Bonchev–Trinajstić information content (AvgIpc) is 2.68. The van der Waals surface area contributed by atoms with Crippen LogP contribution in [0.15, 0.2) is 41.6 Å². The van der Waals surface area contributed by atoms with E-state index in [1.165, 1.54) is 16.7 Å². The molecule has 1 aromatic rings. The lowest BCUT2D eigenvalue weighted by Crippen LogP contribution is -2.71. The highest BCUT2D eigenvalue weighted by molar-refractivity contribution is 14.1. The van der Waals surface area contributed by atoms with Gasteiger partial charge in [0.15, 0.2) is 6.61 Å². The van der Waals surface area contributed by atoms with Gasteiger partial charge in [-0.3, -0.25) is 14.5 Å². The number of esters is 1. The van der Waals surface area contributed by atoms with E-state index in [0.29, 0.717) is 21.6 Å². The zero-order valence-electron chi connectivity index (χ0n) is 16.4. The van der Waals surface area contributed by atoms with Crippen LogP contribution >= 0.6 is 34.4 Å². The van der Waals surface area contributed by atoms with Gasteiger partial charge < -0.3 is 14.8 Å². The summed E-state index contributed by atoms with van der Waals surface area (Å²) in [7, 11) is 0. The number of carbonyl (C=O) groups is 3. The molecule has 1 aromatic carbocycles. The fraction of sp³-hybridized carbons (Fsp3) is 0.450. The minimum Gasteiger partial charge on any atom is -0.484 e. The van der Waals surface area contributed by atoms with Crippen LogP contribution in [0.25, 0.3) is 0 Å². The van der Waals surface area contributed by atoms with Crippen LogP contribution in [-0.4, -0.2) is 56.5 Å². The van der Waals surface area contributed by atoms with Crippen LogP contribution in [0.3, 0.4) is 0 Å². The van der Waals surface area contributed by atoms with E-state index in [0.717, 1.165) is 5.57 Å². The third kappa shape index (κ3) is 5.06. The fourth-order valence-electron chi connectivity index (χ4n) is 2.98. The molecule has 0 aromatic heterocycles. The molecule has 2 heterocycles. The monoisotopic (exact) mass is 530 g/mol. The number of rotatable bonds is 6. The van der Waals surface area contributed by atoms with Crippen molar-refractivity contribution >= 4 is 52.1 Å². The number of ether oxygens (including phenoxy) is 2. The van der Waals surface area contributed by atoms with E-state index >= 15 is 0 Å². The molecule has 1 fully saturated rings. The van der Waals surface area contributed by atoms with Crippen molar-refractivity contribution in [2.75, 3.05) is 16.8 Å². The standard InChI is InChI=1S/C20H23IN2O5S/c1-20(2,3)28-19(26)16-12(9-21)11-29-18-15(17(25)23(16)18)22-14(24)10-27-13-7-5-4-6-8-13/h4-8,15,18H,9-11H2,1-3H3,(H,22,24). The molecule has 29 heavy (non-hydrogen) atoms. The van der Waals surface area contributed by atoms with E-state index in [1.807, 2.05) is 18.2 Å². The molecule has 0 spiro atoms. The predicted octanol–water partition coefficient (Wildman–Crippen LogP) is 2.50. The Labute approximate surface area is 187 Å². The Morgan fingerprint density at radius 3 is 2.59 bits per heavy atom. The first-order chi connectivity index (χ1) is 13.7. The lowest BCUT2D eigenvalue weighted by atomic mass is 10.0. The minimum atomic E-state index is -0.680. The molecule has 1 saturated heterocycles. The van der Waals surface area contributed by atoms with Crippen molar-refractivity contribution in [1.29, 1.82) is 0 Å². The largest absolute Gasteiger partial charge is 0.484 e. The van der Waals surface area contributed by atoms with Gasteiger partial charge in [0, 0.05) is 10.2 Å². The quantitative estimate of drug-likeness (QED) is 0.264. The number of nitrogens with zero attached hydrogens (tertiary/aromatic N) is 1. The van der Waals surface area contributed by atoms with Gasteiger partial charge in [-0.05, 0) is 38.5 Å². The van der Waals surface area contributed by atoms with E-state index in [4.69, 9.17) is 9.47 Å². The van der Waals surface area contributed by atoms with Crippen LogP contribution in [0, 0.1) is 0 Å². The molecule has 0 aliphatic carbocycles. The van der Waals surface area contributed by atoms with Crippen molar-refractivity contribution in [3.8, 4) is 5.75 Å². The van der Waals surface area contributed by atoms with Crippen molar-refractivity contribution in [3.05, 3.63) is 41.6 Å². The molecule has 2 aliphatic heterocycles.